The van der Waals surface area contributed by atoms with Crippen molar-refractivity contribution in [2.24, 2.45) is 0 Å². The third-order valence-corrected chi connectivity index (χ3v) is 6.38. The van der Waals surface area contributed by atoms with Gasteiger partial charge in [-0.25, -0.2) is 13.4 Å². The Kier molecular flexibility index (Phi) is 4.36. The van der Waals surface area contributed by atoms with Crippen LogP contribution in [0.5, 0.6) is 0 Å². The minimum Gasteiger partial charge on any atom is -0.365 e. The summed E-state index contributed by atoms with van der Waals surface area (Å²) in [5.41, 5.74) is 1.86. The first-order chi connectivity index (χ1) is 14.6. The van der Waals surface area contributed by atoms with Gasteiger partial charge in [0, 0.05) is 24.3 Å². The molecular formula is C21H16N6O2S. The molecule has 0 fully saturated rings. The number of benzene rings is 2. The monoisotopic (exact) mass is 416 g/mol. The Hall–Kier alpha value is -3.85. The van der Waals surface area contributed by atoms with Gasteiger partial charge in [-0.1, -0.05) is 41.6 Å². The SMILES string of the molecule is O=S(=O)(c1ccccc1)c1nnn2c1nc(NCc1cccnc1)c1ccccc12. The molecule has 8 nitrogen and oxygen atoms in total. The van der Waals surface area contributed by atoms with E-state index in [1.54, 1.807) is 30.6 Å². The van der Waals surface area contributed by atoms with Crippen LogP contribution in [-0.4, -0.2) is 33.2 Å². The molecule has 0 aliphatic heterocycles. The van der Waals surface area contributed by atoms with Gasteiger partial charge in [-0.05, 0) is 35.9 Å². The Morgan fingerprint density at radius 2 is 1.73 bits per heavy atom. The zero-order valence-electron chi connectivity index (χ0n) is 15.7. The molecule has 0 spiro atoms. The lowest BCUT2D eigenvalue weighted by Gasteiger charge is -2.10. The maximum atomic E-state index is 13.2. The van der Waals surface area contributed by atoms with E-state index in [-0.39, 0.29) is 15.6 Å². The first-order valence-electron chi connectivity index (χ1n) is 9.22. The van der Waals surface area contributed by atoms with Gasteiger partial charge in [-0.15, -0.1) is 5.10 Å². The lowest BCUT2D eigenvalue weighted by molar-refractivity contribution is 0.592. The van der Waals surface area contributed by atoms with E-state index in [0.717, 1.165) is 10.9 Å². The fraction of sp³-hybridized carbons (Fsp3) is 0.0476. The number of nitrogens with zero attached hydrogens (tertiary/aromatic N) is 5. The molecule has 2 aromatic carbocycles. The highest BCUT2D eigenvalue weighted by Gasteiger charge is 2.26. The van der Waals surface area contributed by atoms with E-state index >= 15 is 0 Å². The molecule has 0 aliphatic rings. The normalized spacial score (nSPS) is 11.7. The van der Waals surface area contributed by atoms with Crippen molar-refractivity contribution in [1.82, 2.24) is 24.8 Å². The highest BCUT2D eigenvalue weighted by atomic mass is 32.2. The largest absolute Gasteiger partial charge is 0.365 e. The van der Waals surface area contributed by atoms with E-state index < -0.39 is 9.84 Å². The van der Waals surface area contributed by atoms with Gasteiger partial charge in [-0.2, -0.15) is 4.52 Å². The molecule has 30 heavy (non-hydrogen) atoms. The first kappa shape index (κ1) is 18.2. The van der Waals surface area contributed by atoms with Crippen LogP contribution in [0.15, 0.2) is 89.0 Å². The van der Waals surface area contributed by atoms with Gasteiger partial charge < -0.3 is 5.32 Å². The molecule has 0 atom stereocenters. The Morgan fingerprint density at radius 3 is 2.53 bits per heavy atom. The molecule has 148 valence electrons. The number of anilines is 1. The molecule has 0 amide bonds. The predicted molar refractivity (Wildman–Crippen MR) is 112 cm³/mol. The van der Waals surface area contributed by atoms with Crippen molar-refractivity contribution < 1.29 is 8.42 Å². The second kappa shape index (κ2) is 7.20. The molecule has 0 saturated carbocycles. The zero-order chi connectivity index (χ0) is 20.6. The average molecular weight is 416 g/mol. The van der Waals surface area contributed by atoms with Crippen molar-refractivity contribution in [1.29, 1.82) is 0 Å². The van der Waals surface area contributed by atoms with Crippen LogP contribution in [0.3, 0.4) is 0 Å². The quantitative estimate of drug-likeness (QED) is 0.470. The molecule has 3 aromatic heterocycles. The van der Waals surface area contributed by atoms with Gasteiger partial charge in [0.05, 0.1) is 10.4 Å². The third kappa shape index (κ3) is 3.05. The number of aromatic nitrogens is 5. The summed E-state index contributed by atoms with van der Waals surface area (Å²) < 4.78 is 27.8. The van der Waals surface area contributed by atoms with E-state index in [9.17, 15) is 8.42 Å². The fourth-order valence-electron chi connectivity index (χ4n) is 3.25. The molecule has 0 bridgehead atoms. The summed E-state index contributed by atoms with van der Waals surface area (Å²) in [7, 11) is -3.87. The van der Waals surface area contributed by atoms with Gasteiger partial charge in [-0.3, -0.25) is 4.98 Å². The highest BCUT2D eigenvalue weighted by Crippen LogP contribution is 2.28. The summed E-state index contributed by atoms with van der Waals surface area (Å²) in [4.78, 5) is 8.86. The maximum absolute atomic E-state index is 13.2. The molecule has 9 heteroatoms. The molecule has 0 radical (unpaired) electrons. The van der Waals surface area contributed by atoms with E-state index in [1.807, 2.05) is 36.4 Å². The van der Waals surface area contributed by atoms with Crippen molar-refractivity contribution in [2.75, 3.05) is 5.32 Å². The van der Waals surface area contributed by atoms with Gasteiger partial charge in [0.1, 0.15) is 5.82 Å². The summed E-state index contributed by atoms with van der Waals surface area (Å²) in [5, 5.41) is 12.0. The van der Waals surface area contributed by atoms with Crippen LogP contribution in [0.25, 0.3) is 16.6 Å². The second-order valence-electron chi connectivity index (χ2n) is 6.64. The van der Waals surface area contributed by atoms with Crippen LogP contribution < -0.4 is 5.32 Å². The standard InChI is InChI=1S/C21H16N6O2S/c28-30(29,16-8-2-1-3-9-16)21-20-24-19(23-14-15-7-6-12-22-13-15)17-10-4-5-11-18(17)27(20)26-25-21/h1-13H,14H2,(H,23,24). The molecule has 1 N–H and O–H groups in total. The van der Waals surface area contributed by atoms with Crippen LogP contribution in [-0.2, 0) is 16.4 Å². The molecule has 0 saturated heterocycles. The van der Waals surface area contributed by atoms with Crippen LogP contribution in [0, 0.1) is 0 Å². The topological polar surface area (TPSA) is 102 Å². The predicted octanol–water partition coefficient (Wildman–Crippen LogP) is 3.12. The lowest BCUT2D eigenvalue weighted by atomic mass is 10.2. The van der Waals surface area contributed by atoms with E-state index in [4.69, 9.17) is 0 Å². The first-order valence-corrected chi connectivity index (χ1v) is 10.7. The van der Waals surface area contributed by atoms with Crippen LogP contribution in [0.2, 0.25) is 0 Å². The van der Waals surface area contributed by atoms with Gasteiger partial charge in [0.2, 0.25) is 14.9 Å². The molecule has 3 heterocycles. The highest BCUT2D eigenvalue weighted by molar-refractivity contribution is 7.91. The van der Waals surface area contributed by atoms with Crippen molar-refractivity contribution >= 4 is 32.2 Å². The second-order valence-corrected chi connectivity index (χ2v) is 8.50. The molecular weight excluding hydrogens is 400 g/mol. The van der Waals surface area contributed by atoms with Crippen molar-refractivity contribution in [3.63, 3.8) is 0 Å². The van der Waals surface area contributed by atoms with Gasteiger partial charge in [0.25, 0.3) is 0 Å². The minimum atomic E-state index is -3.87. The Morgan fingerprint density at radius 1 is 0.933 bits per heavy atom. The smallest absolute Gasteiger partial charge is 0.229 e. The van der Waals surface area contributed by atoms with Crippen molar-refractivity contribution in [3.05, 3.63) is 84.7 Å². The van der Waals surface area contributed by atoms with Crippen LogP contribution in [0.4, 0.5) is 5.82 Å². The van der Waals surface area contributed by atoms with Crippen LogP contribution >= 0.6 is 0 Å². The average Bonchev–Trinajstić information content (AvgIpc) is 3.24. The Balaban J connectivity index is 1.68. The summed E-state index contributed by atoms with van der Waals surface area (Å²) in [6, 6.07) is 19.5. The summed E-state index contributed by atoms with van der Waals surface area (Å²) in [6.07, 6.45) is 3.47. The number of fused-ring (bicyclic) bond motifs is 3. The Labute approximate surface area is 172 Å². The number of hydrogen-bond donors (Lipinski definition) is 1. The Bertz CT molecular complexity index is 1450. The van der Waals surface area contributed by atoms with E-state index in [0.29, 0.717) is 17.9 Å². The summed E-state index contributed by atoms with van der Waals surface area (Å²) >= 11 is 0. The third-order valence-electron chi connectivity index (χ3n) is 4.71. The molecule has 0 aliphatic carbocycles. The van der Waals surface area contributed by atoms with Gasteiger partial charge in [0.15, 0.2) is 5.65 Å². The maximum Gasteiger partial charge on any atom is 0.229 e. The number of rotatable bonds is 5. The van der Waals surface area contributed by atoms with Gasteiger partial charge >= 0.3 is 0 Å². The number of pyridine rings is 1. The molecule has 0 unspecified atom stereocenters. The summed E-state index contributed by atoms with van der Waals surface area (Å²) in [5.74, 6) is 0.550. The number of hydrogen-bond acceptors (Lipinski definition) is 7. The van der Waals surface area contributed by atoms with E-state index in [2.05, 4.69) is 25.6 Å². The number of nitrogens with one attached hydrogen (secondary N) is 1. The summed E-state index contributed by atoms with van der Waals surface area (Å²) in [6.45, 7) is 0.489. The minimum absolute atomic E-state index is 0.146. The van der Waals surface area contributed by atoms with E-state index in [1.165, 1.54) is 16.6 Å². The number of sulfone groups is 1. The lowest BCUT2D eigenvalue weighted by Crippen LogP contribution is -2.07. The molecule has 5 rings (SSSR count). The molecule has 5 aromatic rings. The van der Waals surface area contributed by atoms with Crippen molar-refractivity contribution in [3.8, 4) is 0 Å². The zero-order valence-corrected chi connectivity index (χ0v) is 16.5. The fourth-order valence-corrected chi connectivity index (χ4v) is 4.51. The van der Waals surface area contributed by atoms with Crippen molar-refractivity contribution in [2.45, 2.75) is 16.5 Å². The number of para-hydroxylation sites is 1. The van der Waals surface area contributed by atoms with Crippen LogP contribution in [0.1, 0.15) is 5.56 Å².